The van der Waals surface area contributed by atoms with Gasteiger partial charge in [-0.15, -0.1) is 0 Å². The van der Waals surface area contributed by atoms with Crippen LogP contribution in [0, 0.1) is 12.8 Å². The Bertz CT molecular complexity index is 414. The third-order valence-corrected chi connectivity index (χ3v) is 3.96. The molecule has 1 saturated heterocycles. The molecule has 0 bridgehead atoms. The predicted octanol–water partition coefficient (Wildman–Crippen LogP) is 3.61. The summed E-state index contributed by atoms with van der Waals surface area (Å²) in [5, 5.41) is 3.12. The second kappa shape index (κ2) is 6.38. The second-order valence-electron chi connectivity index (χ2n) is 6.02. The van der Waals surface area contributed by atoms with Crippen molar-refractivity contribution in [3.63, 3.8) is 0 Å². The molecule has 0 saturated carbocycles. The average molecular weight is 261 g/mol. The lowest BCUT2D eigenvalue weighted by Crippen LogP contribution is -2.36. The predicted molar refractivity (Wildman–Crippen MR) is 81.5 cm³/mol. The van der Waals surface area contributed by atoms with Gasteiger partial charge in [-0.05, 0) is 43.9 Å². The fourth-order valence-electron chi connectivity index (χ4n) is 3.09. The van der Waals surface area contributed by atoms with Crippen LogP contribution in [0.25, 0.3) is 0 Å². The molecule has 1 N–H and O–H groups in total. The van der Waals surface area contributed by atoms with Crippen molar-refractivity contribution in [2.24, 2.45) is 5.92 Å². The molecule has 2 heterocycles. The van der Waals surface area contributed by atoms with Gasteiger partial charge in [0, 0.05) is 25.3 Å². The fourth-order valence-corrected chi connectivity index (χ4v) is 3.09. The Morgan fingerprint density at radius 3 is 2.79 bits per heavy atom. The number of likely N-dealkylation sites (tertiary alicyclic amines) is 1. The maximum Gasteiger partial charge on any atom is 0.125 e. The summed E-state index contributed by atoms with van der Waals surface area (Å²) in [5.74, 6) is 1.69. The summed E-state index contributed by atoms with van der Waals surface area (Å²) in [7, 11) is 1.92. The van der Waals surface area contributed by atoms with Gasteiger partial charge in [0.05, 0.1) is 0 Å². The van der Waals surface area contributed by atoms with E-state index in [0.717, 1.165) is 11.7 Å². The van der Waals surface area contributed by atoms with E-state index in [4.69, 9.17) is 0 Å². The largest absolute Gasteiger partial charge is 0.373 e. The van der Waals surface area contributed by atoms with Gasteiger partial charge in [0.25, 0.3) is 0 Å². The third-order valence-electron chi connectivity index (χ3n) is 3.96. The quantitative estimate of drug-likeness (QED) is 0.897. The monoisotopic (exact) mass is 261 g/mol. The molecular weight excluding hydrogens is 234 g/mol. The SMILES string of the molecule is CNc1ccc([C@@H]2CCCCN2CC(C)C)c(C)n1. The molecule has 106 valence electrons. The van der Waals surface area contributed by atoms with E-state index in [9.17, 15) is 0 Å². The van der Waals surface area contributed by atoms with Crippen LogP contribution in [0.1, 0.15) is 50.4 Å². The van der Waals surface area contributed by atoms with Gasteiger partial charge in [-0.3, -0.25) is 4.90 Å². The van der Waals surface area contributed by atoms with E-state index >= 15 is 0 Å². The van der Waals surface area contributed by atoms with Crippen LogP contribution in [0.2, 0.25) is 0 Å². The maximum atomic E-state index is 4.64. The highest BCUT2D eigenvalue weighted by molar-refractivity contribution is 5.39. The number of hydrogen-bond acceptors (Lipinski definition) is 3. The molecule has 3 heteroatoms. The van der Waals surface area contributed by atoms with E-state index in [0.29, 0.717) is 6.04 Å². The molecule has 1 aliphatic heterocycles. The molecule has 0 amide bonds. The van der Waals surface area contributed by atoms with Gasteiger partial charge >= 0.3 is 0 Å². The first-order valence-electron chi connectivity index (χ1n) is 7.51. The number of rotatable bonds is 4. The van der Waals surface area contributed by atoms with Crippen molar-refractivity contribution in [2.45, 2.75) is 46.1 Å². The summed E-state index contributed by atoms with van der Waals surface area (Å²) in [5.41, 5.74) is 2.59. The molecule has 0 unspecified atom stereocenters. The van der Waals surface area contributed by atoms with E-state index in [1.54, 1.807) is 0 Å². The van der Waals surface area contributed by atoms with Gasteiger partial charge < -0.3 is 5.32 Å². The molecule has 1 aliphatic rings. The Balaban J connectivity index is 2.21. The van der Waals surface area contributed by atoms with Gasteiger partial charge in [-0.1, -0.05) is 26.3 Å². The normalized spacial score (nSPS) is 20.8. The lowest BCUT2D eigenvalue weighted by Gasteiger charge is -2.37. The van der Waals surface area contributed by atoms with Crippen LogP contribution >= 0.6 is 0 Å². The highest BCUT2D eigenvalue weighted by Gasteiger charge is 2.25. The van der Waals surface area contributed by atoms with Crippen molar-refractivity contribution in [1.29, 1.82) is 0 Å². The molecule has 1 atom stereocenters. The first-order valence-corrected chi connectivity index (χ1v) is 7.51. The van der Waals surface area contributed by atoms with E-state index in [2.05, 4.69) is 48.1 Å². The summed E-state index contributed by atoms with van der Waals surface area (Å²) in [6.45, 7) is 9.17. The molecule has 2 rings (SSSR count). The lowest BCUT2D eigenvalue weighted by atomic mass is 9.93. The molecule has 0 aromatic carbocycles. The number of nitrogens with zero attached hydrogens (tertiary/aromatic N) is 2. The maximum absolute atomic E-state index is 4.64. The molecular formula is C16H27N3. The van der Waals surface area contributed by atoms with Gasteiger partial charge in [0.2, 0.25) is 0 Å². The Labute approximate surface area is 117 Å². The summed E-state index contributed by atoms with van der Waals surface area (Å²) < 4.78 is 0. The highest BCUT2D eigenvalue weighted by atomic mass is 15.2. The van der Waals surface area contributed by atoms with E-state index in [1.165, 1.54) is 43.6 Å². The van der Waals surface area contributed by atoms with E-state index < -0.39 is 0 Å². The number of aromatic nitrogens is 1. The van der Waals surface area contributed by atoms with Crippen LogP contribution < -0.4 is 5.32 Å². The van der Waals surface area contributed by atoms with Gasteiger partial charge in [0.15, 0.2) is 0 Å². The van der Waals surface area contributed by atoms with E-state index in [1.807, 2.05) is 7.05 Å². The molecule has 1 aromatic rings. The molecule has 0 aliphatic carbocycles. The second-order valence-corrected chi connectivity index (χ2v) is 6.02. The van der Waals surface area contributed by atoms with Crippen LogP contribution in [0.4, 0.5) is 5.82 Å². The average Bonchev–Trinajstić information content (AvgIpc) is 2.39. The Morgan fingerprint density at radius 1 is 1.37 bits per heavy atom. The van der Waals surface area contributed by atoms with Crippen LogP contribution in [0.5, 0.6) is 0 Å². The molecule has 3 nitrogen and oxygen atoms in total. The van der Waals surface area contributed by atoms with Crippen LogP contribution in [0.3, 0.4) is 0 Å². The van der Waals surface area contributed by atoms with Gasteiger partial charge in [-0.2, -0.15) is 0 Å². The molecule has 1 fully saturated rings. The number of hydrogen-bond donors (Lipinski definition) is 1. The van der Waals surface area contributed by atoms with Crippen molar-refractivity contribution in [2.75, 3.05) is 25.5 Å². The summed E-state index contributed by atoms with van der Waals surface area (Å²) in [6, 6.07) is 4.93. The van der Waals surface area contributed by atoms with Crippen LogP contribution in [-0.2, 0) is 0 Å². The van der Waals surface area contributed by atoms with Crippen molar-refractivity contribution in [3.05, 3.63) is 23.4 Å². The number of pyridine rings is 1. The van der Waals surface area contributed by atoms with Crippen molar-refractivity contribution < 1.29 is 0 Å². The zero-order valence-electron chi connectivity index (χ0n) is 12.7. The highest BCUT2D eigenvalue weighted by Crippen LogP contribution is 2.33. The first-order chi connectivity index (χ1) is 9.11. The zero-order chi connectivity index (χ0) is 13.8. The smallest absolute Gasteiger partial charge is 0.125 e. The van der Waals surface area contributed by atoms with Crippen molar-refractivity contribution >= 4 is 5.82 Å². The zero-order valence-corrected chi connectivity index (χ0v) is 12.7. The summed E-state index contributed by atoms with van der Waals surface area (Å²) in [6.07, 6.45) is 3.95. The number of aryl methyl sites for hydroxylation is 1. The first kappa shape index (κ1) is 14.3. The van der Waals surface area contributed by atoms with Crippen molar-refractivity contribution in [3.8, 4) is 0 Å². The minimum absolute atomic E-state index is 0.564. The number of anilines is 1. The Hall–Kier alpha value is -1.09. The molecule has 0 spiro atoms. The standard InChI is InChI=1S/C16H27N3/c1-12(2)11-19-10-6-5-7-15(19)14-8-9-16(17-4)18-13(14)3/h8-9,12,15H,5-7,10-11H2,1-4H3,(H,17,18)/t15-/m0/s1. The van der Waals surface area contributed by atoms with Gasteiger partial charge in [0.1, 0.15) is 5.82 Å². The Morgan fingerprint density at radius 2 is 2.16 bits per heavy atom. The fraction of sp³-hybridized carbons (Fsp3) is 0.688. The summed E-state index contributed by atoms with van der Waals surface area (Å²) >= 11 is 0. The van der Waals surface area contributed by atoms with Crippen molar-refractivity contribution in [1.82, 2.24) is 9.88 Å². The van der Waals surface area contributed by atoms with Crippen LogP contribution in [-0.4, -0.2) is 30.0 Å². The third kappa shape index (κ3) is 3.47. The summed E-state index contributed by atoms with van der Waals surface area (Å²) in [4.78, 5) is 7.29. The van der Waals surface area contributed by atoms with Gasteiger partial charge in [-0.25, -0.2) is 4.98 Å². The lowest BCUT2D eigenvalue weighted by molar-refractivity contribution is 0.131. The molecule has 0 radical (unpaired) electrons. The molecule has 19 heavy (non-hydrogen) atoms. The minimum atomic E-state index is 0.564. The number of nitrogens with one attached hydrogen (secondary N) is 1. The van der Waals surface area contributed by atoms with E-state index in [-0.39, 0.29) is 0 Å². The minimum Gasteiger partial charge on any atom is -0.373 e. The number of piperidine rings is 1. The molecule has 1 aromatic heterocycles. The topological polar surface area (TPSA) is 28.2 Å². The Kier molecular flexibility index (Phi) is 4.81. The van der Waals surface area contributed by atoms with Crippen LogP contribution in [0.15, 0.2) is 12.1 Å².